The Morgan fingerprint density at radius 1 is 1.32 bits per heavy atom. The molecule has 5 heteroatoms. The fourth-order valence-corrected chi connectivity index (χ4v) is 2.09. The van der Waals surface area contributed by atoms with Crippen LogP contribution in [-0.4, -0.2) is 31.8 Å². The number of carbonyl (C=O) groups excluding carboxylic acids is 1. The fraction of sp³-hybridized carbons (Fsp3) is 0.471. The van der Waals surface area contributed by atoms with E-state index in [2.05, 4.69) is 34.8 Å². The second-order valence-electron chi connectivity index (χ2n) is 4.81. The zero-order valence-corrected chi connectivity index (χ0v) is 15.1. The lowest BCUT2D eigenvalue weighted by molar-refractivity contribution is -0.146. The van der Waals surface area contributed by atoms with E-state index in [4.69, 9.17) is 9.47 Å². The molecule has 0 bridgehead atoms. The third-order valence-electron chi connectivity index (χ3n) is 3.02. The number of halogens is 1. The average molecular weight is 417 g/mol. The monoisotopic (exact) mass is 417 g/mol. The summed E-state index contributed by atoms with van der Waals surface area (Å²) in [7, 11) is 0. The quantitative estimate of drug-likeness (QED) is 0.334. The van der Waals surface area contributed by atoms with Gasteiger partial charge in [-0.15, -0.1) is 0 Å². The normalized spacial score (nSPS) is 12.3. The first-order valence-corrected chi connectivity index (χ1v) is 8.83. The number of carbonyl (C=O) groups is 1. The molecule has 0 aliphatic heterocycles. The van der Waals surface area contributed by atoms with E-state index in [1.165, 1.54) is 0 Å². The van der Waals surface area contributed by atoms with Gasteiger partial charge in [0.15, 0.2) is 0 Å². The van der Waals surface area contributed by atoms with Crippen molar-refractivity contribution >= 4 is 34.2 Å². The summed E-state index contributed by atoms with van der Waals surface area (Å²) in [4.78, 5) is 12.2. The standard InChI is InChI=1S/C17H24INO3/c1-2-3-10-16(19-15-8-5-4-6-9-15)17(20)22-14-13-21-12-7-11-18/h4-9,11,16,19H,2-3,10,12-14H2,1H3. The minimum Gasteiger partial charge on any atom is -0.462 e. The van der Waals surface area contributed by atoms with Crippen LogP contribution in [0.4, 0.5) is 5.69 Å². The minimum atomic E-state index is -0.309. The molecule has 0 aliphatic rings. The number of ether oxygens (including phenoxy) is 2. The van der Waals surface area contributed by atoms with Crippen molar-refractivity contribution in [2.45, 2.75) is 32.2 Å². The van der Waals surface area contributed by atoms with E-state index in [1.54, 1.807) is 0 Å². The Kier molecular flexibility index (Phi) is 10.7. The molecule has 1 atom stereocenters. The van der Waals surface area contributed by atoms with Gasteiger partial charge in [0.1, 0.15) is 12.6 Å². The summed E-state index contributed by atoms with van der Waals surface area (Å²) in [6, 6.07) is 9.43. The van der Waals surface area contributed by atoms with Crippen molar-refractivity contribution in [2.75, 3.05) is 25.1 Å². The Morgan fingerprint density at radius 3 is 2.77 bits per heavy atom. The van der Waals surface area contributed by atoms with E-state index in [-0.39, 0.29) is 18.6 Å². The molecule has 0 spiro atoms. The molecular weight excluding hydrogens is 393 g/mol. The molecule has 0 aliphatic carbocycles. The molecule has 1 aromatic rings. The number of anilines is 1. The van der Waals surface area contributed by atoms with Gasteiger partial charge in [-0.2, -0.15) is 0 Å². The van der Waals surface area contributed by atoms with Crippen molar-refractivity contribution in [3.05, 3.63) is 40.5 Å². The van der Waals surface area contributed by atoms with Gasteiger partial charge in [0.25, 0.3) is 0 Å². The van der Waals surface area contributed by atoms with Gasteiger partial charge in [-0.3, -0.25) is 0 Å². The van der Waals surface area contributed by atoms with Gasteiger partial charge in [0, 0.05) is 5.69 Å². The first-order valence-electron chi connectivity index (χ1n) is 7.59. The number of hydrogen-bond donors (Lipinski definition) is 1. The highest BCUT2D eigenvalue weighted by molar-refractivity contribution is 14.1. The van der Waals surface area contributed by atoms with Crippen LogP contribution in [-0.2, 0) is 14.3 Å². The summed E-state index contributed by atoms with van der Waals surface area (Å²) >= 11 is 2.14. The number of nitrogens with one attached hydrogen (secondary N) is 1. The molecule has 0 aromatic heterocycles. The van der Waals surface area contributed by atoms with Gasteiger partial charge in [0.2, 0.25) is 0 Å². The van der Waals surface area contributed by atoms with Crippen LogP contribution in [0.1, 0.15) is 26.2 Å². The largest absolute Gasteiger partial charge is 0.462 e. The van der Waals surface area contributed by atoms with E-state index in [0.717, 1.165) is 24.9 Å². The average Bonchev–Trinajstić information content (AvgIpc) is 2.55. The number of unbranched alkanes of at least 4 members (excludes halogenated alkanes) is 1. The van der Waals surface area contributed by atoms with Gasteiger partial charge in [0.05, 0.1) is 13.2 Å². The van der Waals surface area contributed by atoms with Crippen molar-refractivity contribution in [1.29, 1.82) is 0 Å². The van der Waals surface area contributed by atoms with Crippen LogP contribution in [0.3, 0.4) is 0 Å². The molecule has 0 amide bonds. The van der Waals surface area contributed by atoms with Gasteiger partial charge in [-0.1, -0.05) is 66.6 Å². The molecular formula is C17H24INO3. The van der Waals surface area contributed by atoms with Crippen LogP contribution >= 0.6 is 22.6 Å². The maximum Gasteiger partial charge on any atom is 0.328 e. The van der Waals surface area contributed by atoms with E-state index < -0.39 is 0 Å². The summed E-state index contributed by atoms with van der Waals surface area (Å²) in [6.45, 7) is 3.35. The summed E-state index contributed by atoms with van der Waals surface area (Å²) < 4.78 is 12.5. The Labute approximate surface area is 146 Å². The molecule has 1 unspecified atom stereocenters. The first-order chi connectivity index (χ1) is 10.8. The maximum absolute atomic E-state index is 12.2. The third kappa shape index (κ3) is 8.38. The van der Waals surface area contributed by atoms with Crippen LogP contribution in [0.15, 0.2) is 40.5 Å². The van der Waals surface area contributed by atoms with Crippen molar-refractivity contribution in [1.82, 2.24) is 0 Å². The van der Waals surface area contributed by atoms with E-state index in [9.17, 15) is 4.79 Å². The number of hydrogen-bond acceptors (Lipinski definition) is 4. The number of esters is 1. The molecule has 0 radical (unpaired) electrons. The van der Waals surface area contributed by atoms with Gasteiger partial charge >= 0.3 is 5.97 Å². The topological polar surface area (TPSA) is 47.6 Å². The van der Waals surface area contributed by atoms with Crippen molar-refractivity contribution in [2.24, 2.45) is 0 Å². The van der Waals surface area contributed by atoms with E-state index in [1.807, 2.05) is 40.5 Å². The molecule has 0 saturated carbocycles. The van der Waals surface area contributed by atoms with E-state index >= 15 is 0 Å². The van der Waals surface area contributed by atoms with Gasteiger partial charge < -0.3 is 14.8 Å². The second kappa shape index (κ2) is 12.5. The Balaban J connectivity index is 2.39. The lowest BCUT2D eigenvalue weighted by atomic mass is 10.1. The van der Waals surface area contributed by atoms with Crippen LogP contribution in [0, 0.1) is 0 Å². The SMILES string of the molecule is CCCCC(Nc1ccccc1)C(=O)OCCOCC=CI. The molecule has 4 nitrogen and oxygen atoms in total. The predicted molar refractivity (Wildman–Crippen MR) is 98.3 cm³/mol. The summed E-state index contributed by atoms with van der Waals surface area (Å²) in [5, 5.41) is 3.25. The predicted octanol–water partition coefficient (Wildman–Crippen LogP) is 4.17. The highest BCUT2D eigenvalue weighted by Crippen LogP contribution is 2.12. The fourth-order valence-electron chi connectivity index (χ4n) is 1.88. The Morgan fingerprint density at radius 2 is 2.09 bits per heavy atom. The molecule has 0 fully saturated rings. The first kappa shape index (κ1) is 19.0. The maximum atomic E-state index is 12.2. The molecule has 0 saturated heterocycles. The third-order valence-corrected chi connectivity index (χ3v) is 3.53. The molecule has 0 heterocycles. The molecule has 22 heavy (non-hydrogen) atoms. The lowest BCUT2D eigenvalue weighted by Crippen LogP contribution is -2.32. The molecule has 1 rings (SSSR count). The zero-order valence-electron chi connectivity index (χ0n) is 13.0. The lowest BCUT2D eigenvalue weighted by Gasteiger charge is -2.18. The number of rotatable bonds is 11. The van der Waals surface area contributed by atoms with Gasteiger partial charge in [-0.25, -0.2) is 4.79 Å². The number of para-hydroxylation sites is 1. The van der Waals surface area contributed by atoms with E-state index in [0.29, 0.717) is 13.2 Å². The molecule has 1 N–H and O–H groups in total. The van der Waals surface area contributed by atoms with Crippen LogP contribution in [0.2, 0.25) is 0 Å². The molecule has 122 valence electrons. The number of benzene rings is 1. The smallest absolute Gasteiger partial charge is 0.328 e. The summed E-state index contributed by atoms with van der Waals surface area (Å²) in [6.07, 6.45) is 4.70. The minimum absolute atomic E-state index is 0.217. The van der Waals surface area contributed by atoms with Crippen LogP contribution < -0.4 is 5.32 Å². The Bertz CT molecular complexity index is 437. The second-order valence-corrected chi connectivity index (χ2v) is 5.53. The highest BCUT2D eigenvalue weighted by atomic mass is 127. The van der Waals surface area contributed by atoms with Gasteiger partial charge in [-0.05, 0) is 22.6 Å². The summed E-state index contributed by atoms with van der Waals surface area (Å²) in [5.74, 6) is -0.217. The van der Waals surface area contributed by atoms with Crippen LogP contribution in [0.5, 0.6) is 0 Å². The highest BCUT2D eigenvalue weighted by Gasteiger charge is 2.19. The zero-order chi connectivity index (χ0) is 16.0. The van der Waals surface area contributed by atoms with Crippen LogP contribution in [0.25, 0.3) is 0 Å². The molecule has 1 aromatic carbocycles. The van der Waals surface area contributed by atoms with Crippen molar-refractivity contribution < 1.29 is 14.3 Å². The summed E-state index contributed by atoms with van der Waals surface area (Å²) in [5.41, 5.74) is 0.934. The Hall–Kier alpha value is -1.08. The van der Waals surface area contributed by atoms with Crippen molar-refractivity contribution in [3.8, 4) is 0 Å². The van der Waals surface area contributed by atoms with Crippen molar-refractivity contribution in [3.63, 3.8) is 0 Å².